The molecular weight excluding hydrogens is 290 g/mol. The van der Waals surface area contributed by atoms with E-state index in [1.54, 1.807) is 30.3 Å². The highest BCUT2D eigenvalue weighted by molar-refractivity contribution is 6.04. The summed E-state index contributed by atoms with van der Waals surface area (Å²) in [6.45, 7) is 1.95. The predicted octanol–water partition coefficient (Wildman–Crippen LogP) is 3.95. The molecule has 1 amide bonds. The van der Waals surface area contributed by atoms with Crippen molar-refractivity contribution < 1.29 is 14.3 Å². The number of hydrogen-bond acceptors (Lipinski definition) is 3. The van der Waals surface area contributed by atoms with Crippen LogP contribution in [0.15, 0.2) is 48.5 Å². The second kappa shape index (κ2) is 6.65. The van der Waals surface area contributed by atoms with Crippen LogP contribution in [0.5, 0.6) is 5.75 Å². The fraction of sp³-hybridized carbons (Fsp3) is 0.263. The van der Waals surface area contributed by atoms with Gasteiger partial charge in [-0.05, 0) is 56.2 Å². The van der Waals surface area contributed by atoms with Crippen LogP contribution < -0.4 is 10.1 Å². The van der Waals surface area contributed by atoms with E-state index >= 15 is 0 Å². The maximum absolute atomic E-state index is 12.2. The van der Waals surface area contributed by atoms with Crippen LogP contribution >= 0.6 is 0 Å². The quantitative estimate of drug-likeness (QED) is 0.687. The summed E-state index contributed by atoms with van der Waals surface area (Å²) in [6.07, 6.45) is 2.94. The molecule has 2 aromatic carbocycles. The van der Waals surface area contributed by atoms with Crippen molar-refractivity contribution in [2.24, 2.45) is 5.92 Å². The molecule has 0 radical (unpaired) electrons. The van der Waals surface area contributed by atoms with E-state index in [2.05, 4.69) is 5.32 Å². The van der Waals surface area contributed by atoms with Crippen molar-refractivity contribution >= 4 is 17.6 Å². The Balaban J connectivity index is 1.60. The van der Waals surface area contributed by atoms with E-state index in [0.29, 0.717) is 17.0 Å². The first-order valence-corrected chi connectivity index (χ1v) is 7.81. The minimum absolute atomic E-state index is 0.0516. The molecule has 118 valence electrons. The van der Waals surface area contributed by atoms with Crippen molar-refractivity contribution in [1.82, 2.24) is 0 Å². The van der Waals surface area contributed by atoms with Gasteiger partial charge < -0.3 is 10.1 Å². The van der Waals surface area contributed by atoms with Gasteiger partial charge in [0.05, 0.1) is 5.92 Å². The molecule has 1 aliphatic carbocycles. The Labute approximate surface area is 135 Å². The third-order valence-corrected chi connectivity index (χ3v) is 4.05. The Kier molecular flexibility index (Phi) is 4.42. The molecule has 1 saturated carbocycles. The second-order valence-corrected chi connectivity index (χ2v) is 5.90. The zero-order chi connectivity index (χ0) is 16.2. The topological polar surface area (TPSA) is 55.4 Å². The molecule has 0 bridgehead atoms. The second-order valence-electron chi connectivity index (χ2n) is 5.90. The third-order valence-electron chi connectivity index (χ3n) is 4.05. The summed E-state index contributed by atoms with van der Waals surface area (Å²) in [5.41, 5.74) is 2.32. The number of esters is 1. The summed E-state index contributed by atoms with van der Waals surface area (Å²) >= 11 is 0. The lowest BCUT2D eigenvalue weighted by Gasteiger charge is -2.22. The smallest absolute Gasteiger partial charge is 0.314 e. The molecule has 0 unspecified atom stereocenters. The highest BCUT2D eigenvalue weighted by Gasteiger charge is 2.27. The van der Waals surface area contributed by atoms with Crippen LogP contribution in [-0.2, 0) is 4.79 Å². The molecule has 0 spiro atoms. The minimum atomic E-state index is -0.159. The van der Waals surface area contributed by atoms with Gasteiger partial charge in [0.25, 0.3) is 5.91 Å². The van der Waals surface area contributed by atoms with Crippen LogP contribution in [-0.4, -0.2) is 11.9 Å². The van der Waals surface area contributed by atoms with Gasteiger partial charge in [-0.1, -0.05) is 24.1 Å². The zero-order valence-electron chi connectivity index (χ0n) is 13.0. The van der Waals surface area contributed by atoms with Crippen LogP contribution in [0.4, 0.5) is 5.69 Å². The minimum Gasteiger partial charge on any atom is -0.426 e. The SMILES string of the molecule is Cc1cccc(C(=O)Nc2ccc(OC(=O)C3CCC3)cc2)c1. The lowest BCUT2D eigenvalue weighted by molar-refractivity contribution is -0.141. The molecule has 4 nitrogen and oxygen atoms in total. The Morgan fingerprint density at radius 3 is 2.43 bits per heavy atom. The number of amides is 1. The first-order chi connectivity index (χ1) is 11.1. The summed E-state index contributed by atoms with van der Waals surface area (Å²) in [7, 11) is 0. The number of carbonyl (C=O) groups is 2. The summed E-state index contributed by atoms with van der Waals surface area (Å²) in [6, 6.07) is 14.3. The molecule has 3 rings (SSSR count). The van der Waals surface area contributed by atoms with E-state index < -0.39 is 0 Å². The monoisotopic (exact) mass is 309 g/mol. The van der Waals surface area contributed by atoms with Crippen LogP contribution in [0.1, 0.15) is 35.2 Å². The van der Waals surface area contributed by atoms with E-state index in [1.165, 1.54) is 0 Å². The Morgan fingerprint density at radius 2 is 1.83 bits per heavy atom. The predicted molar refractivity (Wildman–Crippen MR) is 88.6 cm³/mol. The maximum Gasteiger partial charge on any atom is 0.314 e. The average Bonchev–Trinajstić information content (AvgIpc) is 2.47. The van der Waals surface area contributed by atoms with Crippen molar-refractivity contribution in [3.05, 3.63) is 59.7 Å². The number of anilines is 1. The molecule has 0 aliphatic heterocycles. The van der Waals surface area contributed by atoms with Gasteiger partial charge in [0, 0.05) is 11.3 Å². The van der Waals surface area contributed by atoms with Gasteiger partial charge in [0.1, 0.15) is 5.75 Å². The fourth-order valence-electron chi connectivity index (χ4n) is 2.44. The number of carbonyl (C=O) groups excluding carboxylic acids is 2. The fourth-order valence-corrected chi connectivity index (χ4v) is 2.44. The number of rotatable bonds is 4. The standard InChI is InChI=1S/C19H19NO3/c1-13-4-2-7-15(12-13)18(21)20-16-8-10-17(11-9-16)23-19(22)14-5-3-6-14/h2,4,7-12,14H,3,5-6H2,1H3,(H,20,21). The van der Waals surface area contributed by atoms with Crippen molar-refractivity contribution in [2.75, 3.05) is 5.32 Å². The van der Waals surface area contributed by atoms with E-state index in [4.69, 9.17) is 4.74 Å². The van der Waals surface area contributed by atoms with E-state index in [0.717, 1.165) is 24.8 Å². The van der Waals surface area contributed by atoms with Gasteiger partial charge in [-0.25, -0.2) is 0 Å². The van der Waals surface area contributed by atoms with Crippen LogP contribution in [0.2, 0.25) is 0 Å². The van der Waals surface area contributed by atoms with Crippen molar-refractivity contribution in [3.8, 4) is 5.75 Å². The van der Waals surface area contributed by atoms with Gasteiger partial charge >= 0.3 is 5.97 Å². The molecule has 2 aromatic rings. The maximum atomic E-state index is 12.2. The van der Waals surface area contributed by atoms with Gasteiger partial charge in [0.2, 0.25) is 0 Å². The van der Waals surface area contributed by atoms with Gasteiger partial charge in [-0.15, -0.1) is 0 Å². The molecule has 0 heterocycles. The lowest BCUT2D eigenvalue weighted by atomic mass is 9.86. The Morgan fingerprint density at radius 1 is 1.09 bits per heavy atom. The molecule has 0 atom stereocenters. The summed E-state index contributed by atoms with van der Waals surface area (Å²) in [4.78, 5) is 24.0. The summed E-state index contributed by atoms with van der Waals surface area (Å²) in [5, 5.41) is 2.83. The van der Waals surface area contributed by atoms with Crippen molar-refractivity contribution in [3.63, 3.8) is 0 Å². The molecule has 1 aliphatic rings. The molecule has 0 aromatic heterocycles. The van der Waals surface area contributed by atoms with Gasteiger partial charge in [0.15, 0.2) is 0 Å². The Hall–Kier alpha value is -2.62. The van der Waals surface area contributed by atoms with E-state index in [9.17, 15) is 9.59 Å². The lowest BCUT2D eigenvalue weighted by Crippen LogP contribution is -2.26. The third kappa shape index (κ3) is 3.77. The van der Waals surface area contributed by atoms with E-state index in [1.807, 2.05) is 25.1 Å². The highest BCUT2D eigenvalue weighted by Crippen LogP contribution is 2.28. The molecule has 23 heavy (non-hydrogen) atoms. The van der Waals surface area contributed by atoms with Crippen LogP contribution in [0.3, 0.4) is 0 Å². The average molecular weight is 309 g/mol. The first-order valence-electron chi connectivity index (χ1n) is 7.81. The van der Waals surface area contributed by atoms with E-state index in [-0.39, 0.29) is 17.8 Å². The normalized spacial score (nSPS) is 14.0. The number of aryl methyl sites for hydroxylation is 1. The van der Waals surface area contributed by atoms with Crippen molar-refractivity contribution in [1.29, 1.82) is 0 Å². The van der Waals surface area contributed by atoms with Gasteiger partial charge in [-0.3, -0.25) is 9.59 Å². The number of nitrogens with one attached hydrogen (secondary N) is 1. The molecule has 1 N–H and O–H groups in total. The first kappa shape index (κ1) is 15.3. The van der Waals surface area contributed by atoms with Crippen molar-refractivity contribution in [2.45, 2.75) is 26.2 Å². The highest BCUT2D eigenvalue weighted by atomic mass is 16.5. The van der Waals surface area contributed by atoms with Crippen LogP contribution in [0.25, 0.3) is 0 Å². The number of benzene rings is 2. The Bertz CT molecular complexity index is 718. The van der Waals surface area contributed by atoms with Gasteiger partial charge in [-0.2, -0.15) is 0 Å². The number of ether oxygens (including phenoxy) is 1. The molecule has 1 fully saturated rings. The molecule has 0 saturated heterocycles. The molecule has 4 heteroatoms. The largest absolute Gasteiger partial charge is 0.426 e. The summed E-state index contributed by atoms with van der Waals surface area (Å²) < 4.78 is 5.33. The number of hydrogen-bond donors (Lipinski definition) is 1. The van der Waals surface area contributed by atoms with Crippen LogP contribution in [0, 0.1) is 12.8 Å². The molecular formula is C19H19NO3. The zero-order valence-corrected chi connectivity index (χ0v) is 13.0. The summed E-state index contributed by atoms with van der Waals surface area (Å²) in [5.74, 6) is 0.242.